The fourth-order valence-electron chi connectivity index (χ4n) is 2.42. The van der Waals surface area contributed by atoms with Gasteiger partial charge in [-0.05, 0) is 32.2 Å². The van der Waals surface area contributed by atoms with E-state index in [-0.39, 0.29) is 18.0 Å². The third-order valence-electron chi connectivity index (χ3n) is 3.28. The fourth-order valence-corrected chi connectivity index (χ4v) is 2.42. The smallest absolute Gasteiger partial charge is 0.240 e. The lowest BCUT2D eigenvalue weighted by atomic mass is 10.0. The summed E-state index contributed by atoms with van der Waals surface area (Å²) >= 11 is 0. The van der Waals surface area contributed by atoms with Crippen molar-refractivity contribution >= 4 is 12.2 Å². The van der Waals surface area contributed by atoms with Gasteiger partial charge in [0.1, 0.15) is 0 Å². The van der Waals surface area contributed by atoms with E-state index in [0.717, 1.165) is 45.2 Å². The average molecular weight is 209 g/mol. The number of nitrogens with zero attached hydrogens (tertiary/aromatic N) is 1. The zero-order valence-corrected chi connectivity index (χ0v) is 8.87. The fraction of sp³-hybridized carbons (Fsp3) is 0.818. The van der Waals surface area contributed by atoms with Crippen LogP contribution in [0.15, 0.2) is 0 Å². The predicted octanol–water partition coefficient (Wildman–Crippen LogP) is 0.229. The quantitative estimate of drug-likeness (QED) is 0.708. The van der Waals surface area contributed by atoms with Crippen LogP contribution in [0.2, 0.25) is 0 Å². The molecule has 0 aliphatic carbocycles. The van der Waals surface area contributed by atoms with Gasteiger partial charge in [0.15, 0.2) is 0 Å². The van der Waals surface area contributed by atoms with Gasteiger partial charge < -0.3 is 10.2 Å². The molecule has 83 valence electrons. The molecule has 4 heteroatoms. The van der Waals surface area contributed by atoms with Crippen LogP contribution in [0, 0.1) is 0 Å². The lowest BCUT2D eigenvalue weighted by Crippen LogP contribution is -2.50. The maximum Gasteiger partial charge on any atom is 0.240 e. The molecular formula is C11H17N2O2. The Morgan fingerprint density at radius 2 is 2.13 bits per heavy atom. The molecule has 2 atom stereocenters. The third kappa shape index (κ3) is 2.20. The number of hydrogen-bond donors (Lipinski definition) is 1. The first-order valence-corrected chi connectivity index (χ1v) is 5.74. The summed E-state index contributed by atoms with van der Waals surface area (Å²) in [6, 6.07) is -0.353. The van der Waals surface area contributed by atoms with Crippen molar-refractivity contribution in [2.45, 2.75) is 44.2 Å². The van der Waals surface area contributed by atoms with Gasteiger partial charge >= 0.3 is 0 Å². The lowest BCUT2D eigenvalue weighted by Gasteiger charge is -2.28. The summed E-state index contributed by atoms with van der Waals surface area (Å²) in [5.74, 6) is 0.0977. The van der Waals surface area contributed by atoms with Crippen LogP contribution in [0.1, 0.15) is 32.1 Å². The average Bonchev–Trinajstić information content (AvgIpc) is 2.77. The van der Waals surface area contributed by atoms with Gasteiger partial charge in [-0.2, -0.15) is 0 Å². The van der Waals surface area contributed by atoms with E-state index < -0.39 is 0 Å². The highest BCUT2D eigenvalue weighted by Crippen LogP contribution is 2.19. The first kappa shape index (κ1) is 10.6. The lowest BCUT2D eigenvalue weighted by molar-refractivity contribution is -0.133. The number of rotatable bonds is 2. The molecule has 0 aromatic carbocycles. The molecule has 2 rings (SSSR count). The van der Waals surface area contributed by atoms with Crippen molar-refractivity contribution in [1.29, 1.82) is 0 Å². The van der Waals surface area contributed by atoms with E-state index >= 15 is 0 Å². The Balaban J connectivity index is 1.96. The normalized spacial score (nSPS) is 31.6. The van der Waals surface area contributed by atoms with Crippen molar-refractivity contribution in [3.05, 3.63) is 0 Å². The summed E-state index contributed by atoms with van der Waals surface area (Å²) in [6.07, 6.45) is 6.82. The topological polar surface area (TPSA) is 49.4 Å². The van der Waals surface area contributed by atoms with Gasteiger partial charge in [0, 0.05) is 6.54 Å². The molecule has 1 radical (unpaired) electrons. The molecule has 0 saturated carbocycles. The number of carbonyl (C=O) groups is 1. The first-order valence-electron chi connectivity index (χ1n) is 5.74. The molecule has 0 unspecified atom stereocenters. The van der Waals surface area contributed by atoms with E-state index in [0.29, 0.717) is 0 Å². The second-order valence-corrected chi connectivity index (χ2v) is 4.31. The zero-order valence-electron chi connectivity index (χ0n) is 8.87. The minimum Gasteiger partial charge on any atom is -0.331 e. The Morgan fingerprint density at radius 3 is 2.80 bits per heavy atom. The van der Waals surface area contributed by atoms with E-state index in [1.807, 2.05) is 6.29 Å². The predicted molar refractivity (Wildman–Crippen MR) is 56.1 cm³/mol. The minimum atomic E-state index is -0.291. The minimum absolute atomic E-state index is 0.0623. The molecule has 15 heavy (non-hydrogen) atoms. The Labute approximate surface area is 90.0 Å². The second kappa shape index (κ2) is 4.75. The third-order valence-corrected chi connectivity index (χ3v) is 3.28. The van der Waals surface area contributed by atoms with Gasteiger partial charge in [0.05, 0.1) is 12.1 Å². The van der Waals surface area contributed by atoms with Crippen LogP contribution in [-0.4, -0.2) is 42.3 Å². The Morgan fingerprint density at radius 1 is 1.27 bits per heavy atom. The first-order chi connectivity index (χ1) is 7.33. The van der Waals surface area contributed by atoms with Crippen molar-refractivity contribution in [1.82, 2.24) is 10.2 Å². The number of piperidine rings is 1. The molecule has 0 aromatic heterocycles. The SMILES string of the molecule is O=[C][C@@H]1CCCN1C(=O)[C@@H]1CCCCN1. The van der Waals surface area contributed by atoms with Crippen LogP contribution in [0.4, 0.5) is 0 Å². The monoisotopic (exact) mass is 209 g/mol. The van der Waals surface area contributed by atoms with E-state index in [2.05, 4.69) is 5.32 Å². The number of likely N-dealkylation sites (tertiary alicyclic amines) is 1. The summed E-state index contributed by atoms with van der Waals surface area (Å²) in [5.41, 5.74) is 0. The van der Waals surface area contributed by atoms with Gasteiger partial charge in [0.25, 0.3) is 0 Å². The molecule has 2 aliphatic heterocycles. The standard InChI is InChI=1S/C11H17N2O2/c14-8-9-4-3-7-13(9)11(15)10-5-1-2-6-12-10/h9-10,12H,1-7H2/t9-,10-/m0/s1. The number of amides is 1. The highest BCUT2D eigenvalue weighted by Gasteiger charge is 2.33. The highest BCUT2D eigenvalue weighted by atomic mass is 16.2. The van der Waals surface area contributed by atoms with Crippen LogP contribution in [0.25, 0.3) is 0 Å². The second-order valence-electron chi connectivity index (χ2n) is 4.31. The summed E-state index contributed by atoms with van der Waals surface area (Å²) in [7, 11) is 0. The van der Waals surface area contributed by atoms with Crippen molar-refractivity contribution < 1.29 is 9.59 Å². The molecule has 0 spiro atoms. The van der Waals surface area contributed by atoms with E-state index in [1.54, 1.807) is 4.90 Å². The van der Waals surface area contributed by atoms with E-state index in [1.165, 1.54) is 0 Å². The highest BCUT2D eigenvalue weighted by molar-refractivity contribution is 5.85. The Hall–Kier alpha value is -0.900. The molecule has 0 bridgehead atoms. The number of carbonyl (C=O) groups excluding carboxylic acids is 2. The Bertz CT molecular complexity index is 249. The summed E-state index contributed by atoms with van der Waals surface area (Å²) < 4.78 is 0. The van der Waals surface area contributed by atoms with Gasteiger partial charge in [-0.1, -0.05) is 6.42 Å². The summed E-state index contributed by atoms with van der Waals surface area (Å²) in [4.78, 5) is 24.4. The maximum absolute atomic E-state index is 12.1. The van der Waals surface area contributed by atoms with E-state index in [9.17, 15) is 9.59 Å². The zero-order chi connectivity index (χ0) is 10.7. The largest absolute Gasteiger partial charge is 0.331 e. The van der Waals surface area contributed by atoms with Crippen molar-refractivity contribution in [2.24, 2.45) is 0 Å². The summed E-state index contributed by atoms with van der Waals surface area (Å²) in [5, 5.41) is 3.22. The van der Waals surface area contributed by atoms with E-state index in [4.69, 9.17) is 0 Å². The van der Waals surface area contributed by atoms with Crippen molar-refractivity contribution in [3.8, 4) is 0 Å². The molecule has 2 aliphatic rings. The maximum atomic E-state index is 12.1. The van der Waals surface area contributed by atoms with Crippen LogP contribution in [0.5, 0.6) is 0 Å². The van der Waals surface area contributed by atoms with Crippen LogP contribution in [0.3, 0.4) is 0 Å². The Kier molecular flexibility index (Phi) is 3.36. The van der Waals surface area contributed by atoms with Gasteiger partial charge in [-0.3, -0.25) is 9.59 Å². The van der Waals surface area contributed by atoms with Crippen LogP contribution < -0.4 is 5.32 Å². The molecule has 2 saturated heterocycles. The molecule has 2 heterocycles. The van der Waals surface area contributed by atoms with Gasteiger partial charge in [-0.25, -0.2) is 0 Å². The summed E-state index contributed by atoms with van der Waals surface area (Å²) in [6.45, 7) is 1.64. The van der Waals surface area contributed by atoms with Crippen LogP contribution >= 0.6 is 0 Å². The molecule has 4 nitrogen and oxygen atoms in total. The number of nitrogens with one attached hydrogen (secondary N) is 1. The van der Waals surface area contributed by atoms with Gasteiger partial charge in [-0.15, -0.1) is 0 Å². The van der Waals surface area contributed by atoms with Crippen molar-refractivity contribution in [3.63, 3.8) is 0 Å². The van der Waals surface area contributed by atoms with Crippen molar-refractivity contribution in [2.75, 3.05) is 13.1 Å². The molecule has 2 fully saturated rings. The molecule has 1 amide bonds. The van der Waals surface area contributed by atoms with Gasteiger partial charge in [0.2, 0.25) is 12.2 Å². The molecular weight excluding hydrogens is 192 g/mol. The molecule has 0 aromatic rings. The molecule has 1 N–H and O–H groups in total. The van der Waals surface area contributed by atoms with Crippen LogP contribution in [-0.2, 0) is 9.59 Å². The number of hydrogen-bond acceptors (Lipinski definition) is 3.